The predicted molar refractivity (Wildman–Crippen MR) is 75.4 cm³/mol. The molecule has 98 valence electrons. The Bertz CT molecular complexity index is 326. The number of ether oxygens (including phenoxy) is 2. The van der Waals surface area contributed by atoms with Crippen LogP contribution in [0.15, 0.2) is 48.9 Å². The molecule has 1 aromatic carbocycles. The van der Waals surface area contributed by atoms with Gasteiger partial charge in [0.2, 0.25) is 0 Å². The summed E-state index contributed by atoms with van der Waals surface area (Å²) in [5.74, 6) is 0. The largest absolute Gasteiger partial charge is 0.501 e. The molecule has 0 spiro atoms. The lowest BCUT2D eigenvalue weighted by Crippen LogP contribution is -1.96. The molecule has 2 nitrogen and oxygen atoms in total. The minimum atomic E-state index is 0.730. The quantitative estimate of drug-likeness (QED) is 0.512. The van der Waals surface area contributed by atoms with Crippen molar-refractivity contribution in [2.75, 3.05) is 13.2 Å². The van der Waals surface area contributed by atoms with Crippen LogP contribution < -0.4 is 0 Å². The van der Waals surface area contributed by atoms with Crippen molar-refractivity contribution in [3.63, 3.8) is 0 Å². The lowest BCUT2D eigenvalue weighted by Gasteiger charge is -2.04. The number of hydrogen-bond donors (Lipinski definition) is 0. The van der Waals surface area contributed by atoms with Gasteiger partial charge in [0.15, 0.2) is 0 Å². The average Bonchev–Trinajstić information content (AvgIpc) is 2.41. The molecule has 0 unspecified atom stereocenters. The Kier molecular flexibility index (Phi) is 7.45. The molecule has 0 radical (unpaired) electrons. The van der Waals surface area contributed by atoms with Crippen LogP contribution in [0.1, 0.15) is 25.0 Å². The summed E-state index contributed by atoms with van der Waals surface area (Å²) >= 11 is 0. The zero-order valence-corrected chi connectivity index (χ0v) is 11.3. The lowest BCUT2D eigenvalue weighted by molar-refractivity contribution is 0.252. The second-order valence-electron chi connectivity index (χ2n) is 4.00. The number of hydrogen-bond acceptors (Lipinski definition) is 2. The van der Waals surface area contributed by atoms with Gasteiger partial charge in [-0.2, -0.15) is 0 Å². The first-order valence-corrected chi connectivity index (χ1v) is 6.40. The van der Waals surface area contributed by atoms with Crippen molar-refractivity contribution in [1.29, 1.82) is 0 Å². The topological polar surface area (TPSA) is 18.5 Å². The molecule has 18 heavy (non-hydrogen) atoms. The fourth-order valence-corrected chi connectivity index (χ4v) is 1.55. The molecule has 0 bridgehead atoms. The van der Waals surface area contributed by atoms with Crippen molar-refractivity contribution in [3.05, 3.63) is 60.1 Å². The van der Waals surface area contributed by atoms with Crippen LogP contribution in [0.4, 0.5) is 0 Å². The van der Waals surface area contributed by atoms with Crippen LogP contribution in [0.3, 0.4) is 0 Å². The number of allylic oxidation sites excluding steroid dienone is 2. The van der Waals surface area contributed by atoms with Gasteiger partial charge in [0.1, 0.15) is 0 Å². The molecule has 0 saturated heterocycles. The molecule has 0 amide bonds. The highest BCUT2D eigenvalue weighted by Gasteiger charge is 1.95. The molecular weight excluding hydrogens is 224 g/mol. The Morgan fingerprint density at radius 3 is 1.50 bits per heavy atom. The van der Waals surface area contributed by atoms with Gasteiger partial charge in [0.25, 0.3) is 0 Å². The smallest absolute Gasteiger partial charge is 0.0913 e. The summed E-state index contributed by atoms with van der Waals surface area (Å²) in [6, 6.07) is 8.63. The molecule has 0 aromatic heterocycles. The van der Waals surface area contributed by atoms with Crippen LogP contribution in [0.2, 0.25) is 0 Å². The van der Waals surface area contributed by atoms with Crippen molar-refractivity contribution in [2.45, 2.75) is 26.7 Å². The monoisotopic (exact) mass is 246 g/mol. The third kappa shape index (κ3) is 6.14. The summed E-state index contributed by atoms with van der Waals surface area (Å²) in [7, 11) is 0. The van der Waals surface area contributed by atoms with Gasteiger partial charge in [0, 0.05) is 12.8 Å². The maximum atomic E-state index is 5.30. The summed E-state index contributed by atoms with van der Waals surface area (Å²) in [6.07, 6.45) is 9.14. The van der Waals surface area contributed by atoms with Crippen molar-refractivity contribution >= 4 is 0 Å². The van der Waals surface area contributed by atoms with E-state index in [1.54, 1.807) is 12.5 Å². The molecule has 1 rings (SSSR count). The van der Waals surface area contributed by atoms with Gasteiger partial charge in [-0.05, 0) is 25.0 Å². The SMILES string of the molecule is CC=COCCc1ccc(CCOC=CC)cc1. The van der Waals surface area contributed by atoms with Crippen molar-refractivity contribution in [1.82, 2.24) is 0 Å². The normalized spacial score (nSPS) is 11.2. The van der Waals surface area contributed by atoms with E-state index in [4.69, 9.17) is 9.47 Å². The summed E-state index contributed by atoms with van der Waals surface area (Å²) in [6.45, 7) is 5.36. The Hall–Kier alpha value is -1.70. The van der Waals surface area contributed by atoms with Crippen LogP contribution in [0, 0.1) is 0 Å². The summed E-state index contributed by atoms with van der Waals surface area (Å²) in [5.41, 5.74) is 2.61. The van der Waals surface area contributed by atoms with E-state index >= 15 is 0 Å². The standard InChI is InChI=1S/C16H22O2/c1-3-11-17-13-9-15-5-7-16(8-6-15)10-14-18-12-4-2/h3-8,11-12H,9-10,13-14H2,1-2H3. The summed E-state index contributed by atoms with van der Waals surface area (Å²) in [4.78, 5) is 0. The molecule has 0 saturated carbocycles. The maximum absolute atomic E-state index is 5.30. The van der Waals surface area contributed by atoms with Gasteiger partial charge in [0.05, 0.1) is 25.7 Å². The predicted octanol–water partition coefficient (Wildman–Crippen LogP) is 3.87. The third-order valence-electron chi connectivity index (χ3n) is 2.50. The van der Waals surface area contributed by atoms with E-state index in [-0.39, 0.29) is 0 Å². The van der Waals surface area contributed by atoms with Crippen LogP contribution in [-0.2, 0) is 22.3 Å². The molecule has 0 heterocycles. The maximum Gasteiger partial charge on any atom is 0.0913 e. The van der Waals surface area contributed by atoms with Gasteiger partial charge in [-0.15, -0.1) is 0 Å². The first kappa shape index (κ1) is 14.4. The highest BCUT2D eigenvalue weighted by molar-refractivity contribution is 5.22. The fourth-order valence-electron chi connectivity index (χ4n) is 1.55. The van der Waals surface area contributed by atoms with E-state index in [2.05, 4.69) is 24.3 Å². The Balaban J connectivity index is 2.28. The molecule has 0 atom stereocenters. The summed E-state index contributed by atoms with van der Waals surface area (Å²) < 4.78 is 10.6. The molecule has 0 aliphatic heterocycles. The van der Waals surface area contributed by atoms with E-state index in [0.717, 1.165) is 26.1 Å². The van der Waals surface area contributed by atoms with E-state index in [0.29, 0.717) is 0 Å². The van der Waals surface area contributed by atoms with Crippen LogP contribution in [-0.4, -0.2) is 13.2 Å². The molecule has 0 fully saturated rings. The second kappa shape index (κ2) is 9.34. The van der Waals surface area contributed by atoms with E-state index in [1.165, 1.54) is 11.1 Å². The Morgan fingerprint density at radius 1 is 0.778 bits per heavy atom. The van der Waals surface area contributed by atoms with Crippen LogP contribution >= 0.6 is 0 Å². The molecule has 0 aliphatic carbocycles. The Morgan fingerprint density at radius 2 is 1.17 bits per heavy atom. The van der Waals surface area contributed by atoms with Gasteiger partial charge < -0.3 is 9.47 Å². The highest BCUT2D eigenvalue weighted by atomic mass is 16.5. The van der Waals surface area contributed by atoms with E-state index < -0.39 is 0 Å². The van der Waals surface area contributed by atoms with Crippen molar-refractivity contribution < 1.29 is 9.47 Å². The minimum absolute atomic E-state index is 0.730. The number of benzene rings is 1. The first-order chi connectivity index (χ1) is 8.86. The third-order valence-corrected chi connectivity index (χ3v) is 2.50. The number of rotatable bonds is 8. The van der Waals surface area contributed by atoms with Crippen LogP contribution in [0.5, 0.6) is 0 Å². The van der Waals surface area contributed by atoms with Gasteiger partial charge >= 0.3 is 0 Å². The van der Waals surface area contributed by atoms with E-state index in [9.17, 15) is 0 Å². The summed E-state index contributed by atoms with van der Waals surface area (Å²) in [5, 5.41) is 0. The molecule has 0 aliphatic rings. The molecule has 0 N–H and O–H groups in total. The second-order valence-corrected chi connectivity index (χ2v) is 4.00. The van der Waals surface area contributed by atoms with Crippen molar-refractivity contribution in [2.24, 2.45) is 0 Å². The fraction of sp³-hybridized carbons (Fsp3) is 0.375. The van der Waals surface area contributed by atoms with Gasteiger partial charge in [-0.3, -0.25) is 0 Å². The lowest BCUT2D eigenvalue weighted by atomic mass is 10.1. The van der Waals surface area contributed by atoms with Gasteiger partial charge in [-0.1, -0.05) is 36.4 Å². The zero-order chi connectivity index (χ0) is 13.1. The zero-order valence-electron chi connectivity index (χ0n) is 11.3. The Labute approximate surface area is 110 Å². The molecule has 2 heteroatoms. The van der Waals surface area contributed by atoms with Crippen LogP contribution in [0.25, 0.3) is 0 Å². The highest BCUT2D eigenvalue weighted by Crippen LogP contribution is 2.06. The van der Waals surface area contributed by atoms with E-state index in [1.807, 2.05) is 26.0 Å². The van der Waals surface area contributed by atoms with Gasteiger partial charge in [-0.25, -0.2) is 0 Å². The first-order valence-electron chi connectivity index (χ1n) is 6.40. The average molecular weight is 246 g/mol. The molecular formula is C16H22O2. The minimum Gasteiger partial charge on any atom is -0.501 e. The van der Waals surface area contributed by atoms with Crippen molar-refractivity contribution in [3.8, 4) is 0 Å². The molecule has 1 aromatic rings.